The molecule has 1 fully saturated rings. The highest BCUT2D eigenvalue weighted by Crippen LogP contribution is 2.17. The van der Waals surface area contributed by atoms with E-state index in [0.717, 1.165) is 43.3 Å². The van der Waals surface area contributed by atoms with Gasteiger partial charge in [0.15, 0.2) is 0 Å². The van der Waals surface area contributed by atoms with Gasteiger partial charge in [-0.25, -0.2) is 0 Å². The number of nitrogens with zero attached hydrogens (tertiary/aromatic N) is 4. The first kappa shape index (κ1) is 17.2. The van der Waals surface area contributed by atoms with Gasteiger partial charge in [-0.05, 0) is 17.7 Å². The maximum Gasteiger partial charge on any atom is 0.241 e. The lowest BCUT2D eigenvalue weighted by Gasteiger charge is -2.33. The Morgan fingerprint density at radius 3 is 2.35 bits per heavy atom. The normalized spacial score (nSPS) is 16.0. The van der Waals surface area contributed by atoms with E-state index in [0.29, 0.717) is 18.3 Å². The van der Waals surface area contributed by atoms with Crippen molar-refractivity contribution < 1.29 is 4.52 Å². The highest BCUT2D eigenvalue weighted by atomic mass is 35.5. The minimum absolute atomic E-state index is 0.653. The number of rotatable bonds is 5. The highest BCUT2D eigenvalue weighted by molar-refractivity contribution is 6.30. The molecule has 0 unspecified atom stereocenters. The van der Waals surface area contributed by atoms with Crippen LogP contribution in [0.1, 0.15) is 11.5 Å². The standard InChI is InChI=1S/C20H21ClN4O/c21-18-8-4-5-16(13-18)14-24-9-11-25(12-10-24)15-19-22-20(23-26-19)17-6-2-1-3-7-17/h1-8,13H,9-12,14-15H2. The zero-order chi connectivity index (χ0) is 17.8. The number of benzene rings is 2. The number of halogens is 1. The molecule has 6 heteroatoms. The predicted molar refractivity (Wildman–Crippen MR) is 102 cm³/mol. The number of hydrogen-bond donors (Lipinski definition) is 0. The Kier molecular flexibility index (Phi) is 5.29. The lowest BCUT2D eigenvalue weighted by Crippen LogP contribution is -2.45. The molecule has 134 valence electrons. The van der Waals surface area contributed by atoms with Gasteiger partial charge in [0.05, 0.1) is 6.54 Å². The van der Waals surface area contributed by atoms with E-state index in [-0.39, 0.29) is 0 Å². The van der Waals surface area contributed by atoms with Crippen molar-refractivity contribution >= 4 is 11.6 Å². The molecule has 0 atom stereocenters. The van der Waals surface area contributed by atoms with Gasteiger partial charge in [-0.3, -0.25) is 9.80 Å². The van der Waals surface area contributed by atoms with E-state index in [4.69, 9.17) is 16.1 Å². The molecule has 1 aliphatic rings. The fourth-order valence-corrected chi connectivity index (χ4v) is 3.43. The molecular formula is C20H21ClN4O. The van der Waals surface area contributed by atoms with Crippen LogP contribution < -0.4 is 0 Å². The highest BCUT2D eigenvalue weighted by Gasteiger charge is 2.19. The molecular weight excluding hydrogens is 348 g/mol. The Labute approximate surface area is 158 Å². The lowest BCUT2D eigenvalue weighted by atomic mass is 10.2. The number of aromatic nitrogens is 2. The van der Waals surface area contributed by atoms with Crippen molar-refractivity contribution in [2.45, 2.75) is 13.1 Å². The summed E-state index contributed by atoms with van der Waals surface area (Å²) in [6.07, 6.45) is 0. The quantitative estimate of drug-likeness (QED) is 0.687. The van der Waals surface area contributed by atoms with Gasteiger partial charge >= 0.3 is 0 Å². The second kappa shape index (κ2) is 7.99. The first-order chi connectivity index (χ1) is 12.8. The smallest absolute Gasteiger partial charge is 0.241 e. The molecule has 2 aromatic carbocycles. The molecule has 1 aromatic heterocycles. The van der Waals surface area contributed by atoms with E-state index in [9.17, 15) is 0 Å². The Hall–Kier alpha value is -2.21. The van der Waals surface area contributed by atoms with Crippen LogP contribution in [0.5, 0.6) is 0 Å². The summed E-state index contributed by atoms with van der Waals surface area (Å²) in [4.78, 5) is 9.33. The van der Waals surface area contributed by atoms with Crippen LogP contribution in [0, 0.1) is 0 Å². The molecule has 0 N–H and O–H groups in total. The monoisotopic (exact) mass is 368 g/mol. The molecule has 0 bridgehead atoms. The molecule has 0 spiro atoms. The third-order valence-corrected chi connectivity index (χ3v) is 4.85. The van der Waals surface area contributed by atoms with Gasteiger partial charge in [0.25, 0.3) is 0 Å². The second-order valence-corrected chi connectivity index (χ2v) is 7.00. The summed E-state index contributed by atoms with van der Waals surface area (Å²) in [6.45, 7) is 5.66. The second-order valence-electron chi connectivity index (χ2n) is 6.56. The molecule has 2 heterocycles. The molecule has 1 saturated heterocycles. The van der Waals surface area contributed by atoms with Crippen LogP contribution in [0.15, 0.2) is 59.1 Å². The van der Waals surface area contributed by atoms with Gasteiger partial charge < -0.3 is 4.52 Å². The van der Waals surface area contributed by atoms with Crippen LogP contribution in [0.3, 0.4) is 0 Å². The van der Waals surface area contributed by atoms with Crippen molar-refractivity contribution in [3.8, 4) is 11.4 Å². The molecule has 0 saturated carbocycles. The van der Waals surface area contributed by atoms with Crippen molar-refractivity contribution in [2.75, 3.05) is 26.2 Å². The summed E-state index contributed by atoms with van der Waals surface area (Å²) >= 11 is 6.07. The topological polar surface area (TPSA) is 45.4 Å². The van der Waals surface area contributed by atoms with Crippen LogP contribution >= 0.6 is 11.6 Å². The number of piperazine rings is 1. The predicted octanol–water partition coefficient (Wildman–Crippen LogP) is 3.71. The SMILES string of the molecule is Clc1cccc(CN2CCN(Cc3nc(-c4ccccc4)no3)CC2)c1. The maximum absolute atomic E-state index is 6.07. The molecule has 26 heavy (non-hydrogen) atoms. The van der Waals surface area contributed by atoms with E-state index in [1.165, 1.54) is 5.56 Å². The zero-order valence-corrected chi connectivity index (χ0v) is 15.3. The Morgan fingerprint density at radius 1 is 0.885 bits per heavy atom. The Morgan fingerprint density at radius 2 is 1.62 bits per heavy atom. The first-order valence-corrected chi connectivity index (χ1v) is 9.21. The van der Waals surface area contributed by atoms with Gasteiger partial charge in [-0.15, -0.1) is 0 Å². The average molecular weight is 369 g/mol. The fourth-order valence-electron chi connectivity index (χ4n) is 3.21. The third-order valence-electron chi connectivity index (χ3n) is 4.62. The third kappa shape index (κ3) is 4.30. The van der Waals surface area contributed by atoms with Crippen molar-refractivity contribution in [3.05, 3.63) is 71.1 Å². The van der Waals surface area contributed by atoms with E-state index < -0.39 is 0 Å². The average Bonchev–Trinajstić information content (AvgIpc) is 3.13. The minimum atomic E-state index is 0.653. The van der Waals surface area contributed by atoms with Gasteiger partial charge in [-0.2, -0.15) is 4.98 Å². The van der Waals surface area contributed by atoms with Crippen LogP contribution in [0.4, 0.5) is 0 Å². The fraction of sp³-hybridized carbons (Fsp3) is 0.300. The van der Waals surface area contributed by atoms with Gasteiger partial charge in [0.1, 0.15) is 0 Å². The molecule has 0 radical (unpaired) electrons. The van der Waals surface area contributed by atoms with Crippen LogP contribution in [-0.4, -0.2) is 46.1 Å². The summed E-state index contributed by atoms with van der Waals surface area (Å²) in [6, 6.07) is 18.0. The zero-order valence-electron chi connectivity index (χ0n) is 14.5. The Balaban J connectivity index is 1.29. The summed E-state index contributed by atoms with van der Waals surface area (Å²) in [5.74, 6) is 1.33. The van der Waals surface area contributed by atoms with Gasteiger partial charge in [-0.1, -0.05) is 59.2 Å². The molecule has 3 aromatic rings. The van der Waals surface area contributed by atoms with E-state index in [1.54, 1.807) is 0 Å². The summed E-state index contributed by atoms with van der Waals surface area (Å²) in [5.41, 5.74) is 2.24. The summed E-state index contributed by atoms with van der Waals surface area (Å²) < 4.78 is 5.43. The lowest BCUT2D eigenvalue weighted by molar-refractivity contribution is 0.112. The Bertz CT molecular complexity index is 844. The van der Waals surface area contributed by atoms with Gasteiger partial charge in [0.2, 0.25) is 11.7 Å². The van der Waals surface area contributed by atoms with Crippen molar-refractivity contribution in [1.29, 1.82) is 0 Å². The number of hydrogen-bond acceptors (Lipinski definition) is 5. The minimum Gasteiger partial charge on any atom is -0.338 e. The van der Waals surface area contributed by atoms with Crippen molar-refractivity contribution in [3.63, 3.8) is 0 Å². The van der Waals surface area contributed by atoms with Crippen LogP contribution in [-0.2, 0) is 13.1 Å². The van der Waals surface area contributed by atoms with Crippen molar-refractivity contribution in [1.82, 2.24) is 19.9 Å². The van der Waals surface area contributed by atoms with Crippen molar-refractivity contribution in [2.24, 2.45) is 0 Å². The van der Waals surface area contributed by atoms with Crippen LogP contribution in [0.25, 0.3) is 11.4 Å². The molecule has 4 rings (SSSR count). The van der Waals surface area contributed by atoms with Crippen LogP contribution in [0.2, 0.25) is 5.02 Å². The molecule has 5 nitrogen and oxygen atoms in total. The molecule has 0 aliphatic carbocycles. The van der Waals surface area contributed by atoms with Gasteiger partial charge in [0, 0.05) is 43.3 Å². The van der Waals surface area contributed by atoms with E-state index >= 15 is 0 Å². The largest absolute Gasteiger partial charge is 0.338 e. The molecule has 0 amide bonds. The maximum atomic E-state index is 6.07. The molecule has 1 aliphatic heterocycles. The van der Waals surface area contributed by atoms with E-state index in [2.05, 4.69) is 26.0 Å². The summed E-state index contributed by atoms with van der Waals surface area (Å²) in [5, 5.41) is 4.89. The summed E-state index contributed by atoms with van der Waals surface area (Å²) in [7, 11) is 0. The van der Waals surface area contributed by atoms with E-state index in [1.807, 2.05) is 48.5 Å². The first-order valence-electron chi connectivity index (χ1n) is 8.83.